The van der Waals surface area contributed by atoms with Gasteiger partial charge in [-0.3, -0.25) is 0 Å². The average molecular weight is 111 g/mol. The molecule has 0 atom stereocenters. The smallest absolute Gasteiger partial charge is 0.870 e. The van der Waals surface area contributed by atoms with Gasteiger partial charge in [0, 0.05) is 0 Å². The molecule has 0 aromatic heterocycles. The fourth-order valence-electron chi connectivity index (χ4n) is 0. The van der Waals surface area contributed by atoms with E-state index in [1.54, 1.807) is 0 Å². The summed E-state index contributed by atoms with van der Waals surface area (Å²) in [7, 11) is 0. The number of rotatable bonds is 0. The second-order valence-electron chi connectivity index (χ2n) is 0. The van der Waals surface area contributed by atoms with Gasteiger partial charge in [0.1, 0.15) is 0 Å². The van der Waals surface area contributed by atoms with E-state index >= 15 is 0 Å². The van der Waals surface area contributed by atoms with Crippen LogP contribution < -0.4 is 51.4 Å². The van der Waals surface area contributed by atoms with Crippen LogP contribution >= 0.6 is 0 Å². The predicted octanol–water partition coefficient (Wildman–Crippen LogP) is -3.88. The molecule has 0 bridgehead atoms. The third-order valence-electron chi connectivity index (χ3n) is 0. The van der Waals surface area contributed by atoms with Crippen molar-refractivity contribution in [2.75, 3.05) is 0 Å². The number of hydrogen-bond acceptors (Lipinski definition) is 2. The monoisotopic (exact) mass is 110 g/mol. The van der Waals surface area contributed by atoms with Crippen molar-refractivity contribution in [2.45, 2.75) is 0 Å². The molecule has 0 unspecified atom stereocenters. The van der Waals surface area contributed by atoms with Crippen molar-refractivity contribution in [3.63, 3.8) is 0 Å². The van der Waals surface area contributed by atoms with Crippen molar-refractivity contribution in [1.82, 2.24) is 0 Å². The Kier molecular flexibility index (Phi) is 212. The summed E-state index contributed by atoms with van der Waals surface area (Å²) in [5, 5.41) is 0. The Hall–Kier alpha value is 1.85. The minimum absolute atomic E-state index is 0. The van der Waals surface area contributed by atoms with Crippen molar-refractivity contribution in [1.29, 1.82) is 0 Å². The van der Waals surface area contributed by atoms with E-state index in [2.05, 4.69) is 0 Å². The molecule has 0 heterocycles. The van der Waals surface area contributed by atoms with Crippen LogP contribution in [0, 0.1) is 12.4 Å². The number of hydrogen-bond donors (Lipinski definition) is 0. The molecule has 0 aliphatic rings. The van der Waals surface area contributed by atoms with Gasteiger partial charge in [0.05, 0.1) is 12.4 Å². The van der Waals surface area contributed by atoms with Gasteiger partial charge in [-0.25, -0.2) is 0 Å². The van der Waals surface area contributed by atoms with E-state index in [4.69, 9.17) is 0 Å². The van der Waals surface area contributed by atoms with E-state index in [0.29, 0.717) is 0 Å². The molecule has 4 heavy (non-hydrogen) atoms. The Morgan fingerprint density at radius 2 is 0.750 bits per heavy atom. The fraction of sp³-hybridized carbons (Fsp3) is 0. The van der Waals surface area contributed by atoms with Crippen molar-refractivity contribution >= 4 is 0 Å². The molecule has 0 amide bonds. The zero-order valence-electron chi connectivity index (χ0n) is 2.34. The van der Waals surface area contributed by atoms with E-state index in [0.717, 1.165) is 0 Å². The van der Waals surface area contributed by atoms with E-state index in [1.807, 2.05) is 0 Å². The average Bonchev–Trinajstić information content (AvgIpc) is 0. The first-order valence-electron chi connectivity index (χ1n) is 0. The fourth-order valence-corrected chi connectivity index (χ4v) is 0. The van der Waals surface area contributed by atoms with Gasteiger partial charge >= 0.3 is 51.4 Å². The third kappa shape index (κ3) is 9.14. The van der Waals surface area contributed by atoms with E-state index < -0.39 is 0 Å². The van der Waals surface area contributed by atoms with Gasteiger partial charge in [-0.15, -0.1) is 0 Å². The van der Waals surface area contributed by atoms with Crippen molar-refractivity contribution in [3.8, 4) is 0 Å². The van der Waals surface area contributed by atoms with Crippen LogP contribution in [-0.4, -0.2) is 11.0 Å². The van der Waals surface area contributed by atoms with E-state index in [-0.39, 0.29) is 74.7 Å². The first-order valence-corrected chi connectivity index (χ1v) is 0. The molecule has 0 aliphatic heterocycles. The second kappa shape index (κ2) is 21.0. The Morgan fingerprint density at radius 1 is 0.750 bits per heavy atom. The number of halogens is 1. The minimum Gasteiger partial charge on any atom is -0.870 e. The molecule has 2 N–H and O–H groups in total. The molecule has 0 aromatic carbocycles. The second-order valence-corrected chi connectivity index (χ2v) is 0. The molecule has 0 saturated heterocycles. The molecule has 0 fully saturated rings. The first kappa shape index (κ1) is 40.3. The maximum atomic E-state index is 0. The van der Waals surface area contributed by atoms with Crippen molar-refractivity contribution < 1.29 is 74.7 Å². The van der Waals surface area contributed by atoms with Crippen LogP contribution in [0.25, 0.3) is 0 Å². The molecule has 4 heteroatoms. The van der Waals surface area contributed by atoms with Crippen LogP contribution in [0.3, 0.4) is 0 Å². The van der Waals surface area contributed by atoms with Crippen LogP contribution in [0.2, 0.25) is 0 Å². The summed E-state index contributed by atoms with van der Waals surface area (Å²) in [5.74, 6) is 0. The van der Waals surface area contributed by atoms with Crippen LogP contribution in [0.5, 0.6) is 0 Å². The van der Waals surface area contributed by atoms with Gasteiger partial charge in [-0.05, 0) is 0 Å². The molecule has 0 spiro atoms. The molecule has 0 aromatic rings. The summed E-state index contributed by atoms with van der Waals surface area (Å²) in [6.45, 7) is 0. The molecular formula is H4ClKO2. The first-order chi connectivity index (χ1) is 0. The summed E-state index contributed by atoms with van der Waals surface area (Å²) in [6.07, 6.45) is 0. The predicted molar refractivity (Wildman–Crippen MR) is 6.66 cm³/mol. The van der Waals surface area contributed by atoms with Gasteiger partial charge in [0.25, 0.3) is 0 Å². The SMILES string of the molecule is [ClH2+].[K+].[OH-].[OH-]. The van der Waals surface area contributed by atoms with Crippen LogP contribution in [0.15, 0.2) is 0 Å². The molecule has 2 nitrogen and oxygen atoms in total. The Balaban J connectivity index is 0. The molecule has 24 valence electrons. The molecular weight excluding hydrogens is 107 g/mol. The van der Waals surface area contributed by atoms with Crippen molar-refractivity contribution in [3.05, 3.63) is 0 Å². The van der Waals surface area contributed by atoms with Gasteiger partial charge in [-0.1, -0.05) is 0 Å². The Morgan fingerprint density at radius 3 is 0.750 bits per heavy atom. The summed E-state index contributed by atoms with van der Waals surface area (Å²) in [4.78, 5) is 0. The Labute approximate surface area is 73.4 Å². The van der Waals surface area contributed by atoms with E-state index in [1.165, 1.54) is 0 Å². The zero-order chi connectivity index (χ0) is 0. The maximum absolute atomic E-state index is 0. The van der Waals surface area contributed by atoms with Crippen LogP contribution in [0.1, 0.15) is 0 Å². The molecule has 0 rings (SSSR count). The van der Waals surface area contributed by atoms with Gasteiger partial charge in [0.15, 0.2) is 0 Å². The Bertz CT molecular complexity index is 6.00. The largest absolute Gasteiger partial charge is 1.00 e. The summed E-state index contributed by atoms with van der Waals surface area (Å²) in [5.41, 5.74) is 0. The van der Waals surface area contributed by atoms with Gasteiger partial charge in [-0.2, -0.15) is 0 Å². The third-order valence-corrected chi connectivity index (χ3v) is 0. The molecule has 0 radical (unpaired) electrons. The molecule has 0 aliphatic carbocycles. The zero-order valence-corrected chi connectivity index (χ0v) is 6.36. The van der Waals surface area contributed by atoms with Crippen LogP contribution in [0.4, 0.5) is 0 Å². The quantitative estimate of drug-likeness (QED) is 0.300. The standard InChI is InChI=1S/ClH2.K.2H2O/h1H2;;2*1H2/q2*+1;;/p-2. The summed E-state index contributed by atoms with van der Waals surface area (Å²) >= 11 is 0. The summed E-state index contributed by atoms with van der Waals surface area (Å²) < 4.78 is 0. The van der Waals surface area contributed by atoms with Gasteiger partial charge < -0.3 is 11.0 Å². The summed E-state index contributed by atoms with van der Waals surface area (Å²) in [6, 6.07) is 0. The minimum atomic E-state index is 0. The maximum Gasteiger partial charge on any atom is 1.00 e. The van der Waals surface area contributed by atoms with Crippen LogP contribution in [-0.2, 0) is 0 Å². The topological polar surface area (TPSA) is 60.0 Å². The van der Waals surface area contributed by atoms with Crippen molar-refractivity contribution in [2.24, 2.45) is 0 Å². The molecule has 0 saturated carbocycles. The van der Waals surface area contributed by atoms with Gasteiger partial charge in [0.2, 0.25) is 0 Å². The normalized spacial score (nSPS) is 0. The van der Waals surface area contributed by atoms with E-state index in [9.17, 15) is 0 Å².